The number of terminal acetylenes is 1. The third kappa shape index (κ3) is 1.55. The van der Waals surface area contributed by atoms with Crippen LogP contribution in [0, 0.1) is 12.3 Å². The summed E-state index contributed by atoms with van der Waals surface area (Å²) in [6.07, 6.45) is 7.13. The van der Waals surface area contributed by atoms with E-state index in [1.807, 2.05) is 42.5 Å². The van der Waals surface area contributed by atoms with Crippen LogP contribution >= 0.6 is 0 Å². The minimum atomic E-state index is -0.0776. The van der Waals surface area contributed by atoms with Gasteiger partial charge in [-0.25, -0.2) is 0 Å². The van der Waals surface area contributed by atoms with Crippen molar-refractivity contribution in [1.82, 2.24) is 0 Å². The molecule has 1 unspecified atom stereocenters. The first-order valence-corrected chi connectivity index (χ1v) is 4.46. The summed E-state index contributed by atoms with van der Waals surface area (Å²) in [5, 5.41) is 0. The normalized spacial score (nSPS) is 11.9. The Morgan fingerprint density at radius 2 is 1.86 bits per heavy atom. The zero-order chi connectivity index (χ0) is 9.80. The number of rotatable bonds is 2. The Balaban J connectivity index is 2.38. The Labute approximate surface area is 83.4 Å². The maximum Gasteiger partial charge on any atom is 0.123 e. The second-order valence-corrected chi connectivity index (χ2v) is 3.03. The molecule has 0 bridgehead atoms. The number of benzene rings is 1. The first-order chi connectivity index (χ1) is 6.92. The fourth-order valence-electron chi connectivity index (χ4n) is 1.44. The lowest BCUT2D eigenvalue weighted by molar-refractivity contribution is 0.510. The summed E-state index contributed by atoms with van der Waals surface area (Å²) < 4.78 is 5.30. The predicted octanol–water partition coefficient (Wildman–Crippen LogP) is 3.04. The van der Waals surface area contributed by atoms with E-state index >= 15 is 0 Å². The Bertz CT molecular complexity index is 420. The smallest absolute Gasteiger partial charge is 0.123 e. The summed E-state index contributed by atoms with van der Waals surface area (Å²) in [5.74, 6) is 3.47. The van der Waals surface area contributed by atoms with Crippen LogP contribution in [0.1, 0.15) is 17.2 Å². The van der Waals surface area contributed by atoms with Gasteiger partial charge in [0.15, 0.2) is 0 Å². The highest BCUT2D eigenvalue weighted by Gasteiger charge is 2.12. The van der Waals surface area contributed by atoms with E-state index in [1.54, 1.807) is 6.26 Å². The van der Waals surface area contributed by atoms with Crippen LogP contribution in [0.2, 0.25) is 0 Å². The van der Waals surface area contributed by atoms with Crippen molar-refractivity contribution in [3.63, 3.8) is 0 Å². The number of furan rings is 1. The van der Waals surface area contributed by atoms with Gasteiger partial charge in [0.25, 0.3) is 0 Å². The minimum absolute atomic E-state index is 0.0776. The van der Waals surface area contributed by atoms with Crippen LogP contribution in [0.3, 0.4) is 0 Å². The van der Waals surface area contributed by atoms with Crippen LogP contribution < -0.4 is 0 Å². The molecule has 0 spiro atoms. The van der Waals surface area contributed by atoms with Gasteiger partial charge in [-0.3, -0.25) is 0 Å². The molecule has 14 heavy (non-hydrogen) atoms. The van der Waals surface area contributed by atoms with Gasteiger partial charge in [0.2, 0.25) is 0 Å². The highest BCUT2D eigenvalue weighted by atomic mass is 16.3. The Hall–Kier alpha value is -1.94. The topological polar surface area (TPSA) is 13.1 Å². The molecule has 0 aliphatic rings. The molecule has 1 atom stereocenters. The molecule has 0 saturated heterocycles. The van der Waals surface area contributed by atoms with Crippen LogP contribution in [-0.4, -0.2) is 0 Å². The summed E-state index contributed by atoms with van der Waals surface area (Å²) in [6, 6.07) is 13.7. The molecule has 0 fully saturated rings. The molecule has 0 radical (unpaired) electrons. The van der Waals surface area contributed by atoms with Crippen molar-refractivity contribution < 1.29 is 4.42 Å². The van der Waals surface area contributed by atoms with Gasteiger partial charge in [0.05, 0.1) is 6.26 Å². The number of hydrogen-bond donors (Lipinski definition) is 0. The molecular weight excluding hydrogens is 172 g/mol. The van der Waals surface area contributed by atoms with Crippen LogP contribution in [0.4, 0.5) is 0 Å². The lowest BCUT2D eigenvalue weighted by Gasteiger charge is -2.06. The van der Waals surface area contributed by atoms with E-state index < -0.39 is 0 Å². The van der Waals surface area contributed by atoms with E-state index in [9.17, 15) is 0 Å². The monoisotopic (exact) mass is 182 g/mol. The Morgan fingerprint density at radius 1 is 1.07 bits per heavy atom. The van der Waals surface area contributed by atoms with E-state index in [4.69, 9.17) is 10.8 Å². The first-order valence-electron chi connectivity index (χ1n) is 4.46. The van der Waals surface area contributed by atoms with E-state index in [0.29, 0.717) is 0 Å². The molecule has 68 valence electrons. The fraction of sp³-hybridized carbons (Fsp3) is 0.0769. The standard InChI is InChI=1S/C13H10O/c1-2-12(13-9-6-10-14-13)11-7-4-3-5-8-11/h1,3-10,12H. The maximum atomic E-state index is 5.49. The molecule has 1 aromatic carbocycles. The quantitative estimate of drug-likeness (QED) is 0.650. The average molecular weight is 182 g/mol. The van der Waals surface area contributed by atoms with Gasteiger partial charge >= 0.3 is 0 Å². The molecule has 2 aromatic rings. The summed E-state index contributed by atoms with van der Waals surface area (Å²) in [7, 11) is 0. The molecule has 1 heteroatoms. The lowest BCUT2D eigenvalue weighted by atomic mass is 9.98. The van der Waals surface area contributed by atoms with Gasteiger partial charge in [0.1, 0.15) is 11.7 Å². The highest BCUT2D eigenvalue weighted by molar-refractivity contribution is 5.34. The van der Waals surface area contributed by atoms with Crippen LogP contribution in [0.25, 0.3) is 0 Å². The lowest BCUT2D eigenvalue weighted by Crippen LogP contribution is -1.95. The van der Waals surface area contributed by atoms with Gasteiger partial charge in [-0.2, -0.15) is 0 Å². The fourth-order valence-corrected chi connectivity index (χ4v) is 1.44. The second kappa shape index (κ2) is 3.85. The van der Waals surface area contributed by atoms with E-state index in [0.717, 1.165) is 11.3 Å². The third-order valence-electron chi connectivity index (χ3n) is 2.13. The SMILES string of the molecule is C#CC(c1ccccc1)c1ccco1. The summed E-state index contributed by atoms with van der Waals surface area (Å²) in [4.78, 5) is 0. The highest BCUT2D eigenvalue weighted by Crippen LogP contribution is 2.23. The molecular formula is C13H10O. The van der Waals surface area contributed by atoms with Crippen LogP contribution in [-0.2, 0) is 0 Å². The molecule has 1 nitrogen and oxygen atoms in total. The van der Waals surface area contributed by atoms with Crippen LogP contribution in [0.15, 0.2) is 53.1 Å². The molecule has 0 aliphatic heterocycles. The summed E-state index contributed by atoms with van der Waals surface area (Å²) >= 11 is 0. The molecule has 2 rings (SSSR count). The Kier molecular flexibility index (Phi) is 2.38. The van der Waals surface area contributed by atoms with Crippen molar-refractivity contribution in [3.05, 3.63) is 60.1 Å². The summed E-state index contributed by atoms with van der Waals surface area (Å²) in [5.41, 5.74) is 1.09. The van der Waals surface area contributed by atoms with Crippen molar-refractivity contribution in [2.24, 2.45) is 0 Å². The maximum absolute atomic E-state index is 5.49. The van der Waals surface area contributed by atoms with Crippen molar-refractivity contribution >= 4 is 0 Å². The average Bonchev–Trinajstić information content (AvgIpc) is 2.74. The molecule has 1 heterocycles. The van der Waals surface area contributed by atoms with Crippen molar-refractivity contribution in [1.29, 1.82) is 0 Å². The van der Waals surface area contributed by atoms with Crippen molar-refractivity contribution in [2.45, 2.75) is 5.92 Å². The molecule has 0 amide bonds. The zero-order valence-corrected chi connectivity index (χ0v) is 7.68. The van der Waals surface area contributed by atoms with E-state index in [1.165, 1.54) is 0 Å². The van der Waals surface area contributed by atoms with Gasteiger partial charge in [-0.15, -0.1) is 6.42 Å². The molecule has 0 saturated carbocycles. The van der Waals surface area contributed by atoms with Gasteiger partial charge in [0, 0.05) is 0 Å². The Morgan fingerprint density at radius 3 is 2.43 bits per heavy atom. The van der Waals surface area contributed by atoms with Crippen molar-refractivity contribution in [2.75, 3.05) is 0 Å². The zero-order valence-electron chi connectivity index (χ0n) is 7.68. The van der Waals surface area contributed by atoms with E-state index in [2.05, 4.69) is 5.92 Å². The first kappa shape index (κ1) is 8.65. The largest absolute Gasteiger partial charge is 0.468 e. The number of hydrogen-bond acceptors (Lipinski definition) is 1. The predicted molar refractivity (Wildman–Crippen MR) is 55.8 cm³/mol. The van der Waals surface area contributed by atoms with Crippen LogP contribution in [0.5, 0.6) is 0 Å². The second-order valence-electron chi connectivity index (χ2n) is 3.03. The van der Waals surface area contributed by atoms with Crippen molar-refractivity contribution in [3.8, 4) is 12.3 Å². The van der Waals surface area contributed by atoms with Gasteiger partial charge < -0.3 is 4.42 Å². The van der Waals surface area contributed by atoms with Gasteiger partial charge in [-0.05, 0) is 17.7 Å². The minimum Gasteiger partial charge on any atom is -0.468 e. The van der Waals surface area contributed by atoms with E-state index in [-0.39, 0.29) is 5.92 Å². The van der Waals surface area contributed by atoms with Gasteiger partial charge in [-0.1, -0.05) is 36.3 Å². The third-order valence-corrected chi connectivity index (χ3v) is 2.13. The molecule has 0 N–H and O–H groups in total. The summed E-state index contributed by atoms with van der Waals surface area (Å²) in [6.45, 7) is 0. The molecule has 1 aromatic heterocycles. The molecule has 0 aliphatic carbocycles.